The Kier molecular flexibility index (Phi) is 6.90. The smallest absolute Gasteiger partial charge is 0.323 e. The lowest BCUT2D eigenvalue weighted by atomic mass is 9.94. The lowest BCUT2D eigenvalue weighted by molar-refractivity contribution is -0.159. The van der Waals surface area contributed by atoms with E-state index in [0.717, 1.165) is 38.6 Å². The number of rotatable bonds is 6. The molecule has 1 aliphatic rings. The van der Waals surface area contributed by atoms with Crippen LogP contribution in [0, 0.1) is 0 Å². The summed E-state index contributed by atoms with van der Waals surface area (Å²) in [5.74, 6) is -0.0634. The number of piperidine rings is 1. The number of esters is 1. The Labute approximate surface area is 169 Å². The Morgan fingerprint density at radius 2 is 1.50 bits per heavy atom. The summed E-state index contributed by atoms with van der Waals surface area (Å²) in [5, 5.41) is 0. The van der Waals surface area contributed by atoms with Crippen LogP contribution in [-0.4, -0.2) is 35.1 Å². The van der Waals surface area contributed by atoms with Gasteiger partial charge < -0.3 is 4.74 Å². The second kappa shape index (κ2) is 9.38. The third kappa shape index (κ3) is 5.68. The van der Waals surface area contributed by atoms with E-state index in [9.17, 15) is 4.79 Å². The molecule has 0 aliphatic carbocycles. The number of likely N-dealkylation sites (tertiary alicyclic amines) is 1. The largest absolute Gasteiger partial charge is 0.461 e. The quantitative estimate of drug-likeness (QED) is 0.659. The molecule has 28 heavy (non-hydrogen) atoms. The van der Waals surface area contributed by atoms with Crippen LogP contribution in [0.15, 0.2) is 60.7 Å². The maximum absolute atomic E-state index is 13.2. The van der Waals surface area contributed by atoms with Crippen molar-refractivity contribution in [1.29, 1.82) is 0 Å². The highest BCUT2D eigenvalue weighted by molar-refractivity contribution is 5.76. The van der Waals surface area contributed by atoms with Gasteiger partial charge in [0, 0.05) is 18.4 Å². The van der Waals surface area contributed by atoms with Crippen molar-refractivity contribution in [3.05, 3.63) is 71.8 Å². The lowest BCUT2D eigenvalue weighted by Crippen LogP contribution is -2.54. The standard InChI is InChI=1S/C25H33NO2/c1-25(2,3)26-17-11-10-16-23(26)24(27)28-22(18-20-12-6-4-7-13-20)19-21-14-8-5-9-15-21/h4-9,12-15,22-23H,10-11,16-19H2,1-3H3/t23-/m0/s1. The Bertz CT molecular complexity index is 695. The molecule has 0 radical (unpaired) electrons. The summed E-state index contributed by atoms with van der Waals surface area (Å²) < 4.78 is 6.14. The normalized spacial score (nSPS) is 18.2. The van der Waals surface area contributed by atoms with Crippen molar-refractivity contribution in [1.82, 2.24) is 4.90 Å². The van der Waals surface area contributed by atoms with Crippen molar-refractivity contribution in [2.24, 2.45) is 0 Å². The summed E-state index contributed by atoms with van der Waals surface area (Å²) in [6.45, 7) is 7.52. The molecule has 3 rings (SSSR count). The van der Waals surface area contributed by atoms with Crippen LogP contribution in [0.3, 0.4) is 0 Å². The van der Waals surface area contributed by atoms with E-state index in [0.29, 0.717) is 0 Å². The number of hydrogen-bond acceptors (Lipinski definition) is 3. The third-order valence-electron chi connectivity index (χ3n) is 5.53. The summed E-state index contributed by atoms with van der Waals surface area (Å²) in [5.41, 5.74) is 2.37. The molecule has 0 spiro atoms. The fraction of sp³-hybridized carbons (Fsp3) is 0.480. The maximum Gasteiger partial charge on any atom is 0.323 e. The van der Waals surface area contributed by atoms with Gasteiger partial charge in [-0.25, -0.2) is 0 Å². The predicted molar refractivity (Wildman–Crippen MR) is 114 cm³/mol. The van der Waals surface area contributed by atoms with Crippen LogP contribution in [0.2, 0.25) is 0 Å². The Morgan fingerprint density at radius 1 is 0.964 bits per heavy atom. The summed E-state index contributed by atoms with van der Waals surface area (Å²) in [7, 11) is 0. The van der Waals surface area contributed by atoms with Gasteiger partial charge in [0.15, 0.2) is 0 Å². The zero-order valence-electron chi connectivity index (χ0n) is 17.4. The van der Waals surface area contributed by atoms with Crippen molar-refractivity contribution in [3.8, 4) is 0 Å². The van der Waals surface area contributed by atoms with Crippen LogP contribution in [0.1, 0.15) is 51.2 Å². The van der Waals surface area contributed by atoms with E-state index in [2.05, 4.69) is 49.9 Å². The van der Waals surface area contributed by atoms with Gasteiger partial charge in [-0.15, -0.1) is 0 Å². The van der Waals surface area contributed by atoms with Gasteiger partial charge in [-0.1, -0.05) is 67.1 Å². The summed E-state index contributed by atoms with van der Waals surface area (Å²) in [6.07, 6.45) is 4.46. The van der Waals surface area contributed by atoms with Crippen molar-refractivity contribution >= 4 is 5.97 Å². The maximum atomic E-state index is 13.2. The molecule has 0 unspecified atom stereocenters. The van der Waals surface area contributed by atoms with Gasteiger partial charge in [0.2, 0.25) is 0 Å². The van der Waals surface area contributed by atoms with Gasteiger partial charge >= 0.3 is 5.97 Å². The van der Waals surface area contributed by atoms with E-state index in [1.807, 2.05) is 36.4 Å². The van der Waals surface area contributed by atoms with E-state index in [-0.39, 0.29) is 23.7 Å². The van der Waals surface area contributed by atoms with Crippen LogP contribution >= 0.6 is 0 Å². The van der Waals surface area contributed by atoms with E-state index >= 15 is 0 Å². The molecule has 1 atom stereocenters. The number of hydrogen-bond donors (Lipinski definition) is 0. The monoisotopic (exact) mass is 379 g/mol. The van der Waals surface area contributed by atoms with Crippen LogP contribution < -0.4 is 0 Å². The SMILES string of the molecule is CC(C)(C)N1CCCC[C@H]1C(=O)OC(Cc1ccccc1)Cc1ccccc1. The predicted octanol–water partition coefficient (Wildman–Crippen LogP) is 5.04. The molecule has 0 bridgehead atoms. The highest BCUT2D eigenvalue weighted by atomic mass is 16.5. The molecule has 1 saturated heterocycles. The average Bonchev–Trinajstić information content (AvgIpc) is 2.69. The molecular formula is C25H33NO2. The van der Waals surface area contributed by atoms with Crippen LogP contribution in [0.4, 0.5) is 0 Å². The number of ether oxygens (including phenoxy) is 1. The fourth-order valence-corrected chi connectivity index (χ4v) is 4.13. The Morgan fingerprint density at radius 3 is 2.00 bits per heavy atom. The van der Waals surface area contributed by atoms with Crippen LogP contribution in [0.25, 0.3) is 0 Å². The van der Waals surface area contributed by atoms with Crippen LogP contribution in [-0.2, 0) is 22.4 Å². The van der Waals surface area contributed by atoms with E-state index in [1.54, 1.807) is 0 Å². The molecule has 2 aromatic carbocycles. The summed E-state index contributed by atoms with van der Waals surface area (Å²) in [6, 6.07) is 20.5. The average molecular weight is 380 g/mol. The number of carbonyl (C=O) groups is 1. The van der Waals surface area contributed by atoms with Crippen molar-refractivity contribution < 1.29 is 9.53 Å². The molecule has 0 aromatic heterocycles. The molecule has 150 valence electrons. The summed E-state index contributed by atoms with van der Waals surface area (Å²) in [4.78, 5) is 15.5. The molecule has 3 nitrogen and oxygen atoms in total. The minimum absolute atomic E-state index is 0.0293. The van der Waals surface area contributed by atoms with Crippen molar-refractivity contribution in [2.75, 3.05) is 6.54 Å². The molecule has 0 saturated carbocycles. The minimum atomic E-state index is -0.152. The first-order chi connectivity index (χ1) is 13.4. The third-order valence-corrected chi connectivity index (χ3v) is 5.53. The zero-order valence-corrected chi connectivity index (χ0v) is 17.4. The van der Waals surface area contributed by atoms with E-state index < -0.39 is 0 Å². The molecular weight excluding hydrogens is 346 g/mol. The number of benzene rings is 2. The molecule has 1 heterocycles. The molecule has 3 heteroatoms. The van der Waals surface area contributed by atoms with E-state index in [4.69, 9.17) is 4.74 Å². The van der Waals surface area contributed by atoms with Gasteiger partial charge in [-0.05, 0) is 51.3 Å². The second-order valence-electron chi connectivity index (χ2n) is 8.81. The first-order valence-corrected chi connectivity index (χ1v) is 10.5. The Hall–Kier alpha value is -2.13. The van der Waals surface area contributed by atoms with Crippen molar-refractivity contribution in [2.45, 2.75) is 70.6 Å². The second-order valence-corrected chi connectivity index (χ2v) is 8.81. The number of nitrogens with zero attached hydrogens (tertiary/aromatic N) is 1. The van der Waals surface area contributed by atoms with Gasteiger partial charge in [0.05, 0.1) is 0 Å². The van der Waals surface area contributed by atoms with E-state index in [1.165, 1.54) is 11.1 Å². The highest BCUT2D eigenvalue weighted by Crippen LogP contribution is 2.27. The van der Waals surface area contributed by atoms with Gasteiger partial charge in [0.25, 0.3) is 0 Å². The lowest BCUT2D eigenvalue weighted by Gasteiger charge is -2.43. The molecule has 2 aromatic rings. The number of carbonyl (C=O) groups excluding carboxylic acids is 1. The van der Waals surface area contributed by atoms with Crippen molar-refractivity contribution in [3.63, 3.8) is 0 Å². The summed E-state index contributed by atoms with van der Waals surface area (Å²) >= 11 is 0. The first-order valence-electron chi connectivity index (χ1n) is 10.5. The minimum Gasteiger partial charge on any atom is -0.461 e. The topological polar surface area (TPSA) is 29.5 Å². The zero-order chi connectivity index (χ0) is 20.0. The molecule has 1 aliphatic heterocycles. The van der Waals surface area contributed by atoms with Gasteiger partial charge in [0.1, 0.15) is 12.1 Å². The first kappa shape index (κ1) is 20.6. The fourth-order valence-electron chi connectivity index (χ4n) is 4.13. The van der Waals surface area contributed by atoms with Gasteiger partial charge in [-0.3, -0.25) is 9.69 Å². The molecule has 0 N–H and O–H groups in total. The Balaban J connectivity index is 1.74. The van der Waals surface area contributed by atoms with Crippen LogP contribution in [0.5, 0.6) is 0 Å². The van der Waals surface area contributed by atoms with Gasteiger partial charge in [-0.2, -0.15) is 0 Å². The highest BCUT2D eigenvalue weighted by Gasteiger charge is 2.37. The molecule has 0 amide bonds. The molecule has 1 fully saturated rings.